The molecule has 3 aromatic rings. The first-order chi connectivity index (χ1) is 12.0. The summed E-state index contributed by atoms with van der Waals surface area (Å²) in [4.78, 5) is 24.1. The van der Waals surface area contributed by atoms with Gasteiger partial charge in [0.25, 0.3) is 5.69 Å². The van der Waals surface area contributed by atoms with E-state index in [0.29, 0.717) is 0 Å². The maximum absolute atomic E-state index is 11.1. The SMILES string of the molecule is O=[N+]([O-])CC(/C=C/c1ccc([N+](=O)[O-])cc1)c1c[nH]c2ccccc12. The molecule has 1 heterocycles. The fourth-order valence-corrected chi connectivity index (χ4v) is 2.76. The van der Waals surface area contributed by atoms with Gasteiger partial charge in [-0.05, 0) is 29.3 Å². The molecule has 0 aliphatic rings. The van der Waals surface area contributed by atoms with E-state index in [-0.39, 0.29) is 17.2 Å². The lowest BCUT2D eigenvalue weighted by Gasteiger charge is -2.07. The monoisotopic (exact) mass is 337 g/mol. The van der Waals surface area contributed by atoms with E-state index in [1.54, 1.807) is 30.5 Å². The first kappa shape index (κ1) is 16.4. The number of aromatic nitrogens is 1. The van der Waals surface area contributed by atoms with Crippen molar-refractivity contribution in [3.63, 3.8) is 0 Å². The van der Waals surface area contributed by atoms with Gasteiger partial charge >= 0.3 is 0 Å². The van der Waals surface area contributed by atoms with Gasteiger partial charge in [0.2, 0.25) is 6.54 Å². The number of nitrogens with zero attached hydrogens (tertiary/aromatic N) is 2. The molecule has 0 spiro atoms. The molecule has 1 N–H and O–H groups in total. The quantitative estimate of drug-likeness (QED) is 0.539. The molecule has 0 amide bonds. The van der Waals surface area contributed by atoms with Gasteiger partial charge in [-0.15, -0.1) is 0 Å². The van der Waals surface area contributed by atoms with Crippen LogP contribution in [0.5, 0.6) is 0 Å². The number of benzene rings is 2. The van der Waals surface area contributed by atoms with E-state index in [0.717, 1.165) is 22.0 Å². The summed E-state index contributed by atoms with van der Waals surface area (Å²) in [5.74, 6) is -0.402. The van der Waals surface area contributed by atoms with Crippen LogP contribution in [0.2, 0.25) is 0 Å². The van der Waals surface area contributed by atoms with E-state index in [1.165, 1.54) is 12.1 Å². The maximum atomic E-state index is 11.1. The summed E-state index contributed by atoms with van der Waals surface area (Å²) in [6, 6.07) is 13.7. The average Bonchev–Trinajstić information content (AvgIpc) is 3.02. The number of hydrogen-bond acceptors (Lipinski definition) is 4. The van der Waals surface area contributed by atoms with Crippen molar-refractivity contribution in [2.45, 2.75) is 5.92 Å². The molecular formula is C18H15N3O4. The lowest BCUT2D eigenvalue weighted by molar-refractivity contribution is -0.481. The Morgan fingerprint density at radius 3 is 2.44 bits per heavy atom. The normalized spacial score (nSPS) is 12.5. The van der Waals surface area contributed by atoms with E-state index in [4.69, 9.17) is 0 Å². The standard InChI is InChI=1S/C18H15N3O4/c22-20(23)12-14(17-11-19-18-4-2-1-3-16(17)18)8-5-13-6-9-15(10-7-13)21(24)25/h1-11,14,19H,12H2/b8-5+. The van der Waals surface area contributed by atoms with Crippen LogP contribution in [0.1, 0.15) is 17.0 Å². The molecule has 0 saturated carbocycles. The maximum Gasteiger partial charge on any atom is 0.269 e. The average molecular weight is 337 g/mol. The highest BCUT2D eigenvalue weighted by Gasteiger charge is 2.18. The molecular weight excluding hydrogens is 322 g/mol. The van der Waals surface area contributed by atoms with Gasteiger partial charge in [-0.2, -0.15) is 0 Å². The van der Waals surface area contributed by atoms with Crippen LogP contribution in [0, 0.1) is 20.2 Å². The molecule has 1 atom stereocenters. The van der Waals surface area contributed by atoms with Crippen molar-refractivity contribution in [1.82, 2.24) is 4.98 Å². The molecule has 0 aliphatic carbocycles. The van der Waals surface area contributed by atoms with E-state index in [9.17, 15) is 20.2 Å². The van der Waals surface area contributed by atoms with Gasteiger partial charge in [-0.1, -0.05) is 30.4 Å². The van der Waals surface area contributed by atoms with Crippen molar-refractivity contribution in [2.75, 3.05) is 6.54 Å². The van der Waals surface area contributed by atoms with E-state index in [1.807, 2.05) is 24.3 Å². The zero-order valence-electron chi connectivity index (χ0n) is 13.2. The third-order valence-corrected chi connectivity index (χ3v) is 3.99. The van der Waals surface area contributed by atoms with Crippen LogP contribution < -0.4 is 0 Å². The molecule has 2 aromatic carbocycles. The van der Waals surface area contributed by atoms with Crippen molar-refractivity contribution in [2.24, 2.45) is 0 Å². The van der Waals surface area contributed by atoms with Crippen molar-refractivity contribution >= 4 is 22.7 Å². The third kappa shape index (κ3) is 3.72. The van der Waals surface area contributed by atoms with E-state index in [2.05, 4.69) is 4.98 Å². The van der Waals surface area contributed by atoms with Gasteiger partial charge in [0.1, 0.15) is 0 Å². The molecule has 0 saturated heterocycles. The number of nitrogens with one attached hydrogen (secondary N) is 1. The number of nitro groups is 2. The first-order valence-corrected chi connectivity index (χ1v) is 7.65. The summed E-state index contributed by atoms with van der Waals surface area (Å²) in [5, 5.41) is 22.7. The molecule has 1 aromatic heterocycles. The number of H-pyrrole nitrogens is 1. The van der Waals surface area contributed by atoms with Crippen LogP contribution in [0.25, 0.3) is 17.0 Å². The second kappa shape index (κ2) is 6.96. The summed E-state index contributed by atoms with van der Waals surface area (Å²) >= 11 is 0. The first-order valence-electron chi connectivity index (χ1n) is 7.65. The summed E-state index contributed by atoms with van der Waals surface area (Å²) in [6.07, 6.45) is 5.30. The van der Waals surface area contributed by atoms with Crippen LogP contribution >= 0.6 is 0 Å². The number of fused-ring (bicyclic) bond motifs is 1. The lowest BCUT2D eigenvalue weighted by atomic mass is 9.97. The number of rotatable bonds is 6. The van der Waals surface area contributed by atoms with Gasteiger partial charge in [0.15, 0.2) is 0 Å². The Morgan fingerprint density at radius 2 is 1.76 bits per heavy atom. The Labute approximate surface area is 142 Å². The molecule has 25 heavy (non-hydrogen) atoms. The highest BCUT2D eigenvalue weighted by Crippen LogP contribution is 2.27. The van der Waals surface area contributed by atoms with Gasteiger partial charge in [-0.3, -0.25) is 20.2 Å². The second-order valence-corrected chi connectivity index (χ2v) is 5.62. The Bertz CT molecular complexity index is 944. The number of nitro benzene ring substituents is 1. The van der Waals surface area contributed by atoms with Crippen molar-refractivity contribution in [1.29, 1.82) is 0 Å². The third-order valence-electron chi connectivity index (χ3n) is 3.99. The predicted molar refractivity (Wildman–Crippen MR) is 95.0 cm³/mol. The molecule has 0 aliphatic heterocycles. The molecule has 7 nitrogen and oxygen atoms in total. The van der Waals surface area contributed by atoms with Gasteiger partial charge in [0, 0.05) is 34.2 Å². The zero-order chi connectivity index (χ0) is 17.8. The van der Waals surface area contributed by atoms with Gasteiger partial charge in [-0.25, -0.2) is 0 Å². The lowest BCUT2D eigenvalue weighted by Crippen LogP contribution is -2.10. The number of hydrogen-bond donors (Lipinski definition) is 1. The molecule has 1 unspecified atom stereocenters. The molecule has 0 radical (unpaired) electrons. The number of non-ortho nitro benzene ring substituents is 1. The Hall–Kier alpha value is -3.48. The highest BCUT2D eigenvalue weighted by molar-refractivity contribution is 5.84. The largest absolute Gasteiger partial charge is 0.361 e. The highest BCUT2D eigenvalue weighted by atomic mass is 16.6. The summed E-state index contributed by atoms with van der Waals surface area (Å²) in [5.41, 5.74) is 2.54. The van der Waals surface area contributed by atoms with Crippen LogP contribution in [0.15, 0.2) is 60.8 Å². The van der Waals surface area contributed by atoms with Crippen LogP contribution in [0.3, 0.4) is 0 Å². The van der Waals surface area contributed by atoms with E-state index < -0.39 is 10.8 Å². The Morgan fingerprint density at radius 1 is 1.04 bits per heavy atom. The smallest absolute Gasteiger partial charge is 0.269 e. The minimum atomic E-state index is -0.463. The Kier molecular flexibility index (Phi) is 4.56. The van der Waals surface area contributed by atoms with Crippen molar-refractivity contribution < 1.29 is 9.85 Å². The van der Waals surface area contributed by atoms with Crippen molar-refractivity contribution in [3.05, 3.63) is 92.2 Å². The number of aromatic amines is 1. The van der Waals surface area contributed by atoms with Gasteiger partial charge < -0.3 is 4.98 Å². The minimum Gasteiger partial charge on any atom is -0.361 e. The van der Waals surface area contributed by atoms with Crippen LogP contribution in [-0.2, 0) is 0 Å². The molecule has 0 bridgehead atoms. The zero-order valence-corrected chi connectivity index (χ0v) is 13.2. The fourth-order valence-electron chi connectivity index (χ4n) is 2.76. The summed E-state index contributed by atoms with van der Waals surface area (Å²) in [6.45, 7) is -0.231. The second-order valence-electron chi connectivity index (χ2n) is 5.62. The molecule has 0 fully saturated rings. The Balaban J connectivity index is 1.91. The van der Waals surface area contributed by atoms with Crippen LogP contribution in [0.4, 0.5) is 5.69 Å². The summed E-state index contributed by atoms with van der Waals surface area (Å²) in [7, 11) is 0. The predicted octanol–water partition coefficient (Wildman–Crippen LogP) is 4.15. The van der Waals surface area contributed by atoms with Crippen LogP contribution in [-0.4, -0.2) is 21.4 Å². The van der Waals surface area contributed by atoms with Crippen molar-refractivity contribution in [3.8, 4) is 0 Å². The molecule has 7 heteroatoms. The number of para-hydroxylation sites is 1. The minimum absolute atomic E-state index is 0.00983. The van der Waals surface area contributed by atoms with Gasteiger partial charge in [0.05, 0.1) is 10.8 Å². The molecule has 3 rings (SSSR count). The fraction of sp³-hybridized carbons (Fsp3) is 0.111. The summed E-state index contributed by atoms with van der Waals surface area (Å²) < 4.78 is 0. The van der Waals surface area contributed by atoms with E-state index >= 15 is 0 Å². The molecule has 126 valence electrons. The topological polar surface area (TPSA) is 102 Å².